The molecule has 2 fully saturated rings. The van der Waals surface area contributed by atoms with Crippen molar-refractivity contribution >= 4 is 17.6 Å². The van der Waals surface area contributed by atoms with Crippen molar-refractivity contribution in [3.05, 3.63) is 66.0 Å². The number of aliphatic carboxylic acids is 1. The monoisotopic (exact) mass is 657 g/mol. The van der Waals surface area contributed by atoms with Gasteiger partial charge in [0, 0.05) is 36.0 Å². The molecule has 2 aromatic carbocycles. The van der Waals surface area contributed by atoms with E-state index in [4.69, 9.17) is 9.47 Å². The number of methoxy groups -OCH3 is 1. The Labute approximate surface area is 286 Å². The van der Waals surface area contributed by atoms with Crippen LogP contribution in [0, 0.1) is 24.2 Å². The van der Waals surface area contributed by atoms with E-state index in [-0.39, 0.29) is 24.0 Å². The second-order valence-corrected chi connectivity index (χ2v) is 15.4. The third-order valence-corrected chi connectivity index (χ3v) is 10.4. The van der Waals surface area contributed by atoms with E-state index in [0.29, 0.717) is 44.1 Å². The number of carboxylic acid groups (broad SMARTS) is 1. The predicted molar refractivity (Wildman–Crippen MR) is 191 cm³/mol. The smallest absolute Gasteiger partial charge is 0.333 e. The fourth-order valence-electron chi connectivity index (χ4n) is 7.53. The highest BCUT2D eigenvalue weighted by atomic mass is 16.5. The van der Waals surface area contributed by atoms with Crippen molar-refractivity contribution in [2.24, 2.45) is 17.3 Å². The van der Waals surface area contributed by atoms with Gasteiger partial charge in [-0.25, -0.2) is 4.79 Å². The molecule has 0 saturated heterocycles. The lowest BCUT2D eigenvalue weighted by Crippen LogP contribution is -2.44. The summed E-state index contributed by atoms with van der Waals surface area (Å²) in [5.41, 5.74) is 5.07. The first-order valence-corrected chi connectivity index (χ1v) is 17.8. The van der Waals surface area contributed by atoms with Gasteiger partial charge in [0.25, 0.3) is 0 Å². The fourth-order valence-corrected chi connectivity index (χ4v) is 7.53. The van der Waals surface area contributed by atoms with Crippen LogP contribution in [0.1, 0.15) is 109 Å². The highest BCUT2D eigenvalue weighted by Crippen LogP contribution is 2.39. The molecule has 3 aromatic rings. The molecule has 2 saturated carbocycles. The molecule has 0 bridgehead atoms. The summed E-state index contributed by atoms with van der Waals surface area (Å²) in [6, 6.07) is 15.2. The number of benzene rings is 2. The van der Waals surface area contributed by atoms with Crippen LogP contribution in [0.25, 0.3) is 11.1 Å². The van der Waals surface area contributed by atoms with Gasteiger partial charge in [0.1, 0.15) is 5.75 Å². The average Bonchev–Trinajstić information content (AvgIpc) is 3.57. The number of rotatable bonds is 11. The Kier molecular flexibility index (Phi) is 11.3. The van der Waals surface area contributed by atoms with Gasteiger partial charge in [-0.05, 0) is 124 Å². The number of carboxylic acids is 1. The lowest BCUT2D eigenvalue weighted by molar-refractivity contribution is -0.166. The van der Waals surface area contributed by atoms with Crippen LogP contribution in [-0.4, -0.2) is 52.6 Å². The van der Waals surface area contributed by atoms with Crippen molar-refractivity contribution in [3.8, 4) is 16.9 Å². The second kappa shape index (κ2) is 15.3. The number of anilines is 1. The van der Waals surface area contributed by atoms with Crippen LogP contribution in [0.3, 0.4) is 0 Å². The molecule has 1 unspecified atom stereocenters. The topological polar surface area (TPSA) is 93.9 Å². The molecule has 8 nitrogen and oxygen atoms in total. The van der Waals surface area contributed by atoms with Crippen LogP contribution in [0.4, 0.5) is 5.69 Å². The van der Waals surface area contributed by atoms with Crippen LogP contribution >= 0.6 is 0 Å². The molecule has 0 spiro atoms. The van der Waals surface area contributed by atoms with E-state index in [1.54, 1.807) is 7.11 Å². The molecule has 1 N–H and O–H groups in total. The summed E-state index contributed by atoms with van der Waals surface area (Å²) in [4.78, 5) is 28.4. The highest BCUT2D eigenvalue weighted by Gasteiger charge is 2.38. The molecular formula is C40H55N3O5. The predicted octanol–water partition coefficient (Wildman–Crippen LogP) is 8.83. The average molecular weight is 658 g/mol. The molecule has 1 heterocycles. The number of hydrogen-bond donors (Lipinski definition) is 1. The molecule has 0 radical (unpaired) electrons. The van der Waals surface area contributed by atoms with E-state index in [1.165, 1.54) is 11.1 Å². The Morgan fingerprint density at radius 1 is 0.979 bits per heavy atom. The molecule has 0 aliphatic heterocycles. The first-order chi connectivity index (χ1) is 22.8. The normalized spacial score (nSPS) is 22.3. The van der Waals surface area contributed by atoms with Gasteiger partial charge in [0.05, 0.1) is 19.4 Å². The van der Waals surface area contributed by atoms with Gasteiger partial charge in [0.2, 0.25) is 5.91 Å². The molecule has 260 valence electrons. The van der Waals surface area contributed by atoms with Crippen LogP contribution in [-0.2, 0) is 14.3 Å². The molecule has 48 heavy (non-hydrogen) atoms. The Morgan fingerprint density at radius 2 is 1.69 bits per heavy atom. The first-order valence-electron chi connectivity index (χ1n) is 17.8. The number of hydrogen-bond acceptors (Lipinski definition) is 5. The van der Waals surface area contributed by atoms with E-state index >= 15 is 0 Å². The molecule has 8 heteroatoms. The minimum atomic E-state index is -0.928. The molecule has 1 aromatic heterocycles. The van der Waals surface area contributed by atoms with E-state index in [1.807, 2.05) is 37.7 Å². The maximum Gasteiger partial charge on any atom is 0.333 e. The van der Waals surface area contributed by atoms with Crippen molar-refractivity contribution in [1.82, 2.24) is 9.78 Å². The van der Waals surface area contributed by atoms with Gasteiger partial charge in [-0.15, -0.1) is 0 Å². The number of aryl methyl sites for hydroxylation is 1. The summed E-state index contributed by atoms with van der Waals surface area (Å²) >= 11 is 0. The van der Waals surface area contributed by atoms with Crippen molar-refractivity contribution in [2.75, 3.05) is 18.6 Å². The number of carbonyl (C=O) groups is 2. The zero-order valence-corrected chi connectivity index (χ0v) is 29.9. The minimum Gasteiger partial charge on any atom is -0.496 e. The zero-order valence-electron chi connectivity index (χ0n) is 29.9. The lowest BCUT2D eigenvalue weighted by atomic mass is 9.78. The standard InChI is InChI=1S/C40H55N3O5/c1-26(2)43-25-33(23-41-43)31-9-8-10-34(22-31)42(24-28-11-13-29(14-12-28)32-17-20-36(47-7)27(3)21-32)38(44)30-15-18-35(19-16-30)48-37(39(45)46)40(4,5)6/h8-10,17,20-23,25-26,28-30,35,37H,11-16,18-19,24H2,1-7H3,(H,45,46)/t28-,29-,30-,35-,37?. The summed E-state index contributed by atoms with van der Waals surface area (Å²) < 4.78 is 13.6. The van der Waals surface area contributed by atoms with Crippen LogP contribution in [0.2, 0.25) is 0 Å². The number of carbonyl (C=O) groups excluding carboxylic acids is 1. The fraction of sp³-hybridized carbons (Fsp3) is 0.575. The van der Waals surface area contributed by atoms with E-state index in [0.717, 1.165) is 48.2 Å². The van der Waals surface area contributed by atoms with Crippen LogP contribution in [0.15, 0.2) is 54.9 Å². The van der Waals surface area contributed by atoms with Gasteiger partial charge in [0.15, 0.2) is 6.10 Å². The van der Waals surface area contributed by atoms with E-state index < -0.39 is 17.5 Å². The van der Waals surface area contributed by atoms with Crippen molar-refractivity contribution in [3.63, 3.8) is 0 Å². The minimum absolute atomic E-state index is 0.117. The summed E-state index contributed by atoms with van der Waals surface area (Å²) in [5, 5.41) is 14.3. The Bertz CT molecular complexity index is 1540. The molecule has 2 aliphatic rings. The first kappa shape index (κ1) is 35.7. The number of amides is 1. The molecule has 5 rings (SSSR count). The lowest BCUT2D eigenvalue weighted by Gasteiger charge is -2.37. The third-order valence-electron chi connectivity index (χ3n) is 10.4. The van der Waals surface area contributed by atoms with Gasteiger partial charge in [-0.2, -0.15) is 5.10 Å². The number of nitrogens with zero attached hydrogens (tertiary/aromatic N) is 3. The molecule has 2 aliphatic carbocycles. The Morgan fingerprint density at radius 3 is 2.27 bits per heavy atom. The van der Waals surface area contributed by atoms with E-state index in [2.05, 4.69) is 73.4 Å². The summed E-state index contributed by atoms with van der Waals surface area (Å²) in [6.07, 6.45) is 10.1. The van der Waals surface area contributed by atoms with Gasteiger partial charge in [-0.1, -0.05) is 45.0 Å². The quantitative estimate of drug-likeness (QED) is 0.222. The maximum atomic E-state index is 14.5. The van der Waals surface area contributed by atoms with Crippen LogP contribution in [0.5, 0.6) is 5.75 Å². The summed E-state index contributed by atoms with van der Waals surface area (Å²) in [7, 11) is 1.72. The van der Waals surface area contributed by atoms with Crippen molar-refractivity contribution in [2.45, 2.75) is 117 Å². The third kappa shape index (κ3) is 8.49. The Hall–Kier alpha value is -3.65. The van der Waals surface area contributed by atoms with Crippen LogP contribution < -0.4 is 9.64 Å². The second-order valence-electron chi connectivity index (χ2n) is 15.4. The van der Waals surface area contributed by atoms with Gasteiger partial charge < -0.3 is 19.5 Å². The molecule has 1 amide bonds. The van der Waals surface area contributed by atoms with Gasteiger partial charge >= 0.3 is 5.97 Å². The van der Waals surface area contributed by atoms with Gasteiger partial charge in [-0.3, -0.25) is 9.48 Å². The zero-order chi connectivity index (χ0) is 34.6. The van der Waals surface area contributed by atoms with E-state index in [9.17, 15) is 14.7 Å². The molecular weight excluding hydrogens is 602 g/mol. The number of aromatic nitrogens is 2. The highest BCUT2D eigenvalue weighted by molar-refractivity contribution is 5.95. The largest absolute Gasteiger partial charge is 0.496 e. The number of ether oxygens (including phenoxy) is 2. The maximum absolute atomic E-state index is 14.5. The van der Waals surface area contributed by atoms with Crippen molar-refractivity contribution in [1.29, 1.82) is 0 Å². The Balaban J connectivity index is 1.32. The summed E-state index contributed by atoms with van der Waals surface area (Å²) in [6.45, 7) is 12.7. The SMILES string of the molecule is COc1ccc([C@H]2CC[C@H](CN(c3cccc(-c4cnn(C(C)C)c4)c3)C(=O)[C@H]3CC[C@H](OC(C(=O)O)C(C)(C)C)CC3)CC2)cc1C. The molecule has 1 atom stereocenters. The van der Waals surface area contributed by atoms with Crippen molar-refractivity contribution < 1.29 is 24.2 Å². The summed E-state index contributed by atoms with van der Waals surface area (Å²) in [5.74, 6) is 0.989.